The molecule has 3 saturated heterocycles. The zero-order valence-electron chi connectivity index (χ0n) is 30.0. The number of rotatable bonds is 12. The van der Waals surface area contributed by atoms with Gasteiger partial charge in [-0.25, -0.2) is 0 Å². The van der Waals surface area contributed by atoms with Gasteiger partial charge in [-0.1, -0.05) is 24.3 Å². The highest BCUT2D eigenvalue weighted by Gasteiger charge is 2.66. The minimum Gasteiger partial charge on any atom is -0.396 e. The molecule has 52 heavy (non-hydrogen) atoms. The average molecular weight is 733 g/mol. The highest BCUT2D eigenvalue weighted by atomic mass is 28.4. The molecule has 0 radical (unpaired) electrons. The van der Waals surface area contributed by atoms with E-state index < -0.39 is 31.6 Å². The van der Waals surface area contributed by atoms with Crippen molar-refractivity contribution in [1.29, 1.82) is 0 Å². The first-order valence-corrected chi connectivity index (χ1v) is 21.4. The molecule has 15 heteroatoms. The van der Waals surface area contributed by atoms with E-state index in [4.69, 9.17) is 4.74 Å². The van der Waals surface area contributed by atoms with Gasteiger partial charge in [-0.2, -0.15) is 0 Å². The number of fused-ring (bicyclic) bond motifs is 2. The SMILES string of the molecule is C[C@H]1[C@H]([Si](C)(C)F)[C@@H](CCn2cc(CCO)nn2)O[C@]12C(=O)N(Cc1ccc(NC(=O)[C@H]3CCCN3)cc1)c1ccc(NC(=O)[C@H]3CCCN3)cc12. The Morgan fingerprint density at radius 2 is 1.69 bits per heavy atom. The first-order valence-electron chi connectivity index (χ1n) is 18.5. The number of ether oxygens (including phenoxy) is 1. The molecule has 7 rings (SSSR count). The maximum Gasteiger partial charge on any atom is 0.264 e. The Labute approximate surface area is 304 Å². The van der Waals surface area contributed by atoms with Gasteiger partial charge in [0.15, 0.2) is 5.60 Å². The van der Waals surface area contributed by atoms with Crippen LogP contribution in [-0.4, -0.2) is 84.1 Å². The van der Waals surface area contributed by atoms with Crippen LogP contribution in [-0.2, 0) is 44.2 Å². The lowest BCUT2D eigenvalue weighted by atomic mass is 9.82. The summed E-state index contributed by atoms with van der Waals surface area (Å²) in [5, 5.41) is 30.1. The van der Waals surface area contributed by atoms with Crippen LogP contribution in [0.1, 0.15) is 55.8 Å². The van der Waals surface area contributed by atoms with Crippen molar-refractivity contribution in [3.63, 3.8) is 0 Å². The molecule has 0 unspecified atom stereocenters. The molecule has 13 nitrogen and oxygen atoms in total. The predicted molar refractivity (Wildman–Crippen MR) is 197 cm³/mol. The number of amides is 3. The van der Waals surface area contributed by atoms with Crippen molar-refractivity contribution in [3.8, 4) is 0 Å². The summed E-state index contributed by atoms with van der Waals surface area (Å²) in [6.07, 6.45) is 5.44. The number of aryl methyl sites for hydroxylation is 1. The zero-order chi connectivity index (χ0) is 36.6. The number of anilines is 3. The maximum atomic E-state index is 16.4. The van der Waals surface area contributed by atoms with Crippen LogP contribution in [0.15, 0.2) is 48.7 Å². The number of halogens is 1. The molecule has 3 aromatic rings. The van der Waals surface area contributed by atoms with Crippen LogP contribution >= 0.6 is 0 Å². The number of carbonyl (C=O) groups is 3. The van der Waals surface area contributed by atoms with Crippen LogP contribution in [0, 0.1) is 5.92 Å². The fourth-order valence-electron chi connectivity index (χ4n) is 8.64. The molecule has 3 fully saturated rings. The molecule has 5 N–H and O–H groups in total. The number of carbonyl (C=O) groups excluding carboxylic acids is 3. The largest absolute Gasteiger partial charge is 0.396 e. The molecule has 1 aromatic heterocycles. The van der Waals surface area contributed by atoms with E-state index >= 15 is 4.11 Å². The second-order valence-corrected chi connectivity index (χ2v) is 18.9. The second kappa shape index (κ2) is 14.8. The first kappa shape index (κ1) is 36.3. The molecule has 5 heterocycles. The summed E-state index contributed by atoms with van der Waals surface area (Å²) < 4.78 is 25.0. The highest BCUT2D eigenvalue weighted by Crippen LogP contribution is 2.60. The summed E-state index contributed by atoms with van der Waals surface area (Å²) in [7, 11) is -3.42. The van der Waals surface area contributed by atoms with Crippen molar-refractivity contribution in [3.05, 3.63) is 65.5 Å². The van der Waals surface area contributed by atoms with Gasteiger partial charge in [0.25, 0.3) is 5.91 Å². The van der Waals surface area contributed by atoms with Crippen molar-refractivity contribution in [2.24, 2.45) is 5.92 Å². The Hall–Kier alpha value is -4.02. The summed E-state index contributed by atoms with van der Waals surface area (Å²) in [5.74, 6) is -0.971. The van der Waals surface area contributed by atoms with Crippen LogP contribution in [0.5, 0.6) is 0 Å². The van der Waals surface area contributed by atoms with Gasteiger partial charge in [-0.3, -0.25) is 19.1 Å². The van der Waals surface area contributed by atoms with Crippen LogP contribution in [0.25, 0.3) is 0 Å². The van der Waals surface area contributed by atoms with Crippen LogP contribution < -0.4 is 26.2 Å². The summed E-state index contributed by atoms with van der Waals surface area (Å²) >= 11 is 0. The molecule has 6 atom stereocenters. The third-order valence-electron chi connectivity index (χ3n) is 11.1. The number of nitrogens with one attached hydrogen (secondary N) is 4. The van der Waals surface area contributed by atoms with Crippen LogP contribution in [0.2, 0.25) is 18.6 Å². The minimum atomic E-state index is -3.42. The Bertz CT molecular complexity index is 1790. The van der Waals surface area contributed by atoms with Gasteiger partial charge < -0.3 is 40.1 Å². The summed E-state index contributed by atoms with van der Waals surface area (Å²) in [6, 6.07) is 12.5. The Morgan fingerprint density at radius 3 is 2.31 bits per heavy atom. The summed E-state index contributed by atoms with van der Waals surface area (Å²) in [6.45, 7) is 7.48. The molecule has 0 saturated carbocycles. The van der Waals surface area contributed by atoms with E-state index in [1.54, 1.807) is 34.9 Å². The van der Waals surface area contributed by atoms with Crippen molar-refractivity contribution < 1.29 is 28.3 Å². The average Bonchev–Trinajstić information content (AvgIpc) is 3.96. The smallest absolute Gasteiger partial charge is 0.264 e. The lowest BCUT2D eigenvalue weighted by molar-refractivity contribution is -0.146. The van der Waals surface area contributed by atoms with E-state index in [1.807, 2.05) is 43.3 Å². The molecule has 1 spiro atoms. The Morgan fingerprint density at radius 1 is 1.04 bits per heavy atom. The maximum absolute atomic E-state index is 16.4. The van der Waals surface area contributed by atoms with Crippen molar-refractivity contribution in [2.75, 3.05) is 35.2 Å². The predicted octanol–water partition coefficient (Wildman–Crippen LogP) is 3.61. The quantitative estimate of drug-likeness (QED) is 0.138. The topological polar surface area (TPSA) is 163 Å². The van der Waals surface area contributed by atoms with E-state index in [2.05, 4.69) is 31.6 Å². The fourth-order valence-corrected chi connectivity index (χ4v) is 11.2. The number of aliphatic hydroxyl groups is 1. The number of hydrogen-bond acceptors (Lipinski definition) is 9. The van der Waals surface area contributed by atoms with Crippen molar-refractivity contribution in [1.82, 2.24) is 25.6 Å². The molecular formula is C37H49FN8O5Si. The second-order valence-electron chi connectivity index (χ2n) is 15.1. The third-order valence-corrected chi connectivity index (χ3v) is 13.6. The lowest BCUT2D eigenvalue weighted by Crippen LogP contribution is -2.45. The highest BCUT2D eigenvalue weighted by molar-refractivity contribution is 6.72. The van der Waals surface area contributed by atoms with E-state index in [9.17, 15) is 19.5 Å². The molecule has 4 aliphatic heterocycles. The molecule has 278 valence electrons. The van der Waals surface area contributed by atoms with Gasteiger partial charge in [0, 0.05) is 54.2 Å². The molecule has 3 amide bonds. The Kier molecular flexibility index (Phi) is 10.3. The van der Waals surface area contributed by atoms with E-state index in [0.29, 0.717) is 47.7 Å². The van der Waals surface area contributed by atoms with Gasteiger partial charge in [0.2, 0.25) is 20.2 Å². The minimum absolute atomic E-state index is 0.0371. The molecule has 2 aromatic carbocycles. The van der Waals surface area contributed by atoms with Crippen molar-refractivity contribution in [2.45, 2.75) is 101 Å². The number of aliphatic hydroxyl groups excluding tert-OH is 1. The number of benzene rings is 2. The first-order chi connectivity index (χ1) is 25.0. The zero-order valence-corrected chi connectivity index (χ0v) is 31.0. The molecule has 4 aliphatic rings. The molecule has 0 bridgehead atoms. The number of aromatic nitrogens is 3. The van der Waals surface area contributed by atoms with Crippen LogP contribution in [0.4, 0.5) is 21.2 Å². The monoisotopic (exact) mass is 732 g/mol. The summed E-state index contributed by atoms with van der Waals surface area (Å²) in [5.41, 5.74) is 2.02. The van der Waals surface area contributed by atoms with E-state index in [0.717, 1.165) is 44.3 Å². The molecular weight excluding hydrogens is 684 g/mol. The van der Waals surface area contributed by atoms with Gasteiger partial charge in [-0.05, 0) is 94.2 Å². The van der Waals surface area contributed by atoms with Crippen molar-refractivity contribution >= 4 is 43.2 Å². The lowest BCUT2D eigenvalue weighted by Gasteiger charge is -2.31. The number of nitrogens with zero attached hydrogens (tertiary/aromatic N) is 4. The Balaban J connectivity index is 1.19. The number of hydrogen-bond donors (Lipinski definition) is 5. The van der Waals surface area contributed by atoms with E-state index in [1.165, 1.54) is 0 Å². The van der Waals surface area contributed by atoms with Gasteiger partial charge in [-0.15, -0.1) is 5.10 Å². The normalized spacial score (nSPS) is 27.1. The van der Waals surface area contributed by atoms with Crippen LogP contribution in [0.3, 0.4) is 0 Å². The summed E-state index contributed by atoms with van der Waals surface area (Å²) in [4.78, 5) is 42.5. The van der Waals surface area contributed by atoms with Gasteiger partial charge in [0.1, 0.15) is 0 Å². The third kappa shape index (κ3) is 7.04. The van der Waals surface area contributed by atoms with E-state index in [-0.39, 0.29) is 43.0 Å². The van der Waals surface area contributed by atoms with Gasteiger partial charge in [0.05, 0.1) is 36.1 Å². The van der Waals surface area contributed by atoms with Gasteiger partial charge >= 0.3 is 0 Å². The molecule has 0 aliphatic carbocycles. The standard InChI is InChI=1S/C37H49FN8O5Si/c1-23-33(52(2,3)38)32(14-18-45-22-27(15-19-47)43-44-45)51-37(23)28-20-26(42-35(49)30-7-5-17-40-30)12-13-31(28)46(36(37)50)21-24-8-10-25(11-9-24)41-34(48)29-6-4-16-39-29/h8-13,20,22-23,29-30,32-33,39-40,47H,4-7,14-19,21H2,1-3H3,(H,41,48)(H,42,49)/t23-,29+,30+,32+,33-,37+/m0/s1. The fraction of sp³-hybridized carbons (Fsp3) is 0.541.